The summed E-state index contributed by atoms with van der Waals surface area (Å²) in [4.78, 5) is 37.9. The monoisotopic (exact) mass is 408 g/mol. The van der Waals surface area contributed by atoms with Crippen molar-refractivity contribution >= 4 is 57.9 Å². The van der Waals surface area contributed by atoms with Gasteiger partial charge in [0.25, 0.3) is 5.91 Å². The van der Waals surface area contributed by atoms with E-state index in [9.17, 15) is 14.4 Å². The van der Waals surface area contributed by atoms with Gasteiger partial charge in [-0.25, -0.2) is 9.59 Å². The molecule has 0 radical (unpaired) electrons. The van der Waals surface area contributed by atoms with Crippen LogP contribution in [0.4, 0.5) is 5.69 Å². The number of morpholine rings is 1. The molecule has 2 fully saturated rings. The number of benzene rings is 1. The topological polar surface area (TPSA) is 107 Å². The summed E-state index contributed by atoms with van der Waals surface area (Å²) in [5.74, 6) is -4.01. The molecule has 2 aliphatic rings. The number of carboxylic acids is 2. The van der Waals surface area contributed by atoms with Crippen LogP contribution in [0, 0.1) is 0 Å². The first-order valence-corrected chi connectivity index (χ1v) is 9.26. The van der Waals surface area contributed by atoms with Crippen LogP contribution in [0.25, 0.3) is 6.08 Å². The summed E-state index contributed by atoms with van der Waals surface area (Å²) in [6.07, 6.45) is 1.57. The third-order valence-electron chi connectivity index (χ3n) is 4.12. The third kappa shape index (κ3) is 4.12. The van der Waals surface area contributed by atoms with Gasteiger partial charge in [0.05, 0.1) is 18.1 Å². The van der Waals surface area contributed by atoms with Gasteiger partial charge < -0.3 is 19.8 Å². The zero-order valence-electron chi connectivity index (χ0n) is 14.0. The standard InChI is InChI=1S/C17H16N2O6S2/c20-14-12(27-17(26)19(14)13(15(21)22)16(23)24)9-10-1-3-11(4-2-10)18-5-7-25-8-6-18/h1-4,9,13H,5-8H2,(H,21,22)(H,23,24). The average molecular weight is 408 g/mol. The molecule has 2 aliphatic heterocycles. The fraction of sp³-hybridized carbons (Fsp3) is 0.294. The second kappa shape index (κ2) is 8.07. The van der Waals surface area contributed by atoms with Crippen LogP contribution in [0.2, 0.25) is 0 Å². The number of aliphatic carboxylic acids is 2. The van der Waals surface area contributed by atoms with Crippen molar-refractivity contribution in [2.75, 3.05) is 31.2 Å². The van der Waals surface area contributed by atoms with Crippen LogP contribution in [0.5, 0.6) is 0 Å². The second-order valence-corrected chi connectivity index (χ2v) is 7.50. The molecule has 0 saturated carbocycles. The van der Waals surface area contributed by atoms with Crippen molar-refractivity contribution in [3.63, 3.8) is 0 Å². The summed E-state index contributed by atoms with van der Waals surface area (Å²) >= 11 is 5.90. The highest BCUT2D eigenvalue weighted by atomic mass is 32.2. The van der Waals surface area contributed by atoms with Gasteiger partial charge in [0.15, 0.2) is 0 Å². The van der Waals surface area contributed by atoms with Crippen molar-refractivity contribution in [2.24, 2.45) is 0 Å². The Bertz CT molecular complexity index is 803. The minimum atomic E-state index is -2.04. The zero-order valence-corrected chi connectivity index (χ0v) is 15.7. The lowest BCUT2D eigenvalue weighted by Crippen LogP contribution is -2.48. The molecule has 2 N–H and O–H groups in total. The van der Waals surface area contributed by atoms with Crippen molar-refractivity contribution in [3.8, 4) is 0 Å². The lowest BCUT2D eigenvalue weighted by Gasteiger charge is -2.28. The van der Waals surface area contributed by atoms with Crippen LogP contribution >= 0.6 is 24.0 Å². The number of anilines is 1. The molecule has 0 bridgehead atoms. The molecule has 10 heteroatoms. The Kier molecular flexibility index (Phi) is 5.78. The molecule has 1 aromatic rings. The predicted molar refractivity (Wildman–Crippen MR) is 104 cm³/mol. The normalized spacial score (nSPS) is 19.2. The number of rotatable bonds is 5. The van der Waals surface area contributed by atoms with Gasteiger partial charge >= 0.3 is 11.9 Å². The van der Waals surface area contributed by atoms with E-state index in [-0.39, 0.29) is 9.23 Å². The number of carboxylic acid groups (broad SMARTS) is 2. The fourth-order valence-corrected chi connectivity index (χ4v) is 4.10. The molecule has 0 atom stereocenters. The number of nitrogens with zero attached hydrogens (tertiary/aromatic N) is 2. The van der Waals surface area contributed by atoms with Gasteiger partial charge in [-0.3, -0.25) is 9.69 Å². The maximum Gasteiger partial charge on any atom is 0.338 e. The number of thiocarbonyl (C=S) groups is 1. The van der Waals surface area contributed by atoms with Gasteiger partial charge in [-0.1, -0.05) is 36.1 Å². The Labute approximate surface area is 164 Å². The van der Waals surface area contributed by atoms with Crippen LogP contribution in [0.3, 0.4) is 0 Å². The Morgan fingerprint density at radius 3 is 2.30 bits per heavy atom. The van der Waals surface area contributed by atoms with Crippen LogP contribution in [0.1, 0.15) is 5.56 Å². The van der Waals surface area contributed by atoms with Crippen LogP contribution in [-0.4, -0.2) is 69.6 Å². The van der Waals surface area contributed by atoms with Crippen LogP contribution in [-0.2, 0) is 19.1 Å². The molecule has 0 aliphatic carbocycles. The summed E-state index contributed by atoms with van der Waals surface area (Å²) in [5.41, 5.74) is 1.77. The maximum atomic E-state index is 12.5. The van der Waals surface area contributed by atoms with Crippen molar-refractivity contribution in [2.45, 2.75) is 6.04 Å². The first-order valence-electron chi connectivity index (χ1n) is 8.04. The number of hydrogen-bond donors (Lipinski definition) is 2. The fourth-order valence-electron chi connectivity index (χ4n) is 2.78. The van der Waals surface area contributed by atoms with E-state index < -0.39 is 23.9 Å². The number of thioether (sulfide) groups is 1. The predicted octanol–water partition coefficient (Wildman–Crippen LogP) is 1.26. The Balaban J connectivity index is 1.79. The molecule has 0 aromatic heterocycles. The van der Waals surface area contributed by atoms with Gasteiger partial charge in [0.2, 0.25) is 6.04 Å². The van der Waals surface area contributed by atoms with E-state index in [1.165, 1.54) is 0 Å². The first-order chi connectivity index (χ1) is 12.9. The third-order valence-corrected chi connectivity index (χ3v) is 5.45. The van der Waals surface area contributed by atoms with E-state index in [4.69, 9.17) is 27.2 Å². The van der Waals surface area contributed by atoms with E-state index >= 15 is 0 Å². The minimum Gasteiger partial charge on any atom is -0.479 e. The van der Waals surface area contributed by atoms with Gasteiger partial charge in [0.1, 0.15) is 4.32 Å². The highest BCUT2D eigenvalue weighted by Gasteiger charge is 2.44. The molecule has 2 saturated heterocycles. The highest BCUT2D eigenvalue weighted by molar-refractivity contribution is 8.26. The Morgan fingerprint density at radius 1 is 1.15 bits per heavy atom. The number of hydrogen-bond acceptors (Lipinski definition) is 7. The molecular weight excluding hydrogens is 392 g/mol. The summed E-state index contributed by atoms with van der Waals surface area (Å²) in [7, 11) is 0. The van der Waals surface area contributed by atoms with E-state index in [1.54, 1.807) is 6.08 Å². The van der Waals surface area contributed by atoms with Crippen LogP contribution in [0.15, 0.2) is 29.2 Å². The first kappa shape index (κ1) is 19.3. The molecule has 27 heavy (non-hydrogen) atoms. The number of carbonyl (C=O) groups excluding carboxylic acids is 1. The van der Waals surface area contributed by atoms with E-state index in [1.807, 2.05) is 24.3 Å². The summed E-state index contributed by atoms with van der Waals surface area (Å²) in [5, 5.41) is 18.2. The summed E-state index contributed by atoms with van der Waals surface area (Å²) in [6, 6.07) is 5.49. The quantitative estimate of drug-likeness (QED) is 0.423. The smallest absolute Gasteiger partial charge is 0.338 e. The molecule has 8 nitrogen and oxygen atoms in total. The zero-order chi connectivity index (χ0) is 19.6. The molecule has 1 aromatic carbocycles. The maximum absolute atomic E-state index is 12.5. The van der Waals surface area contributed by atoms with Gasteiger partial charge in [0, 0.05) is 18.8 Å². The van der Waals surface area contributed by atoms with Crippen LogP contribution < -0.4 is 4.90 Å². The molecular formula is C17H16N2O6S2. The molecule has 0 unspecified atom stereocenters. The van der Waals surface area contributed by atoms with E-state index in [0.717, 1.165) is 36.1 Å². The van der Waals surface area contributed by atoms with E-state index in [0.29, 0.717) is 18.1 Å². The lowest BCUT2D eigenvalue weighted by atomic mass is 10.1. The molecule has 1 amide bonds. The highest BCUT2D eigenvalue weighted by Crippen LogP contribution is 2.34. The van der Waals surface area contributed by atoms with Crippen molar-refractivity contribution < 1.29 is 29.3 Å². The minimum absolute atomic E-state index is 0.0917. The van der Waals surface area contributed by atoms with E-state index in [2.05, 4.69) is 4.90 Å². The molecule has 2 heterocycles. The molecule has 142 valence electrons. The lowest BCUT2D eigenvalue weighted by molar-refractivity contribution is -0.157. The summed E-state index contributed by atoms with van der Waals surface area (Å²) < 4.78 is 5.23. The Morgan fingerprint density at radius 2 is 1.74 bits per heavy atom. The molecule has 3 rings (SSSR count). The Hall–Kier alpha value is -2.43. The number of ether oxygens (including phenoxy) is 1. The summed E-state index contributed by atoms with van der Waals surface area (Å²) in [6.45, 7) is 2.98. The van der Waals surface area contributed by atoms with Crippen molar-refractivity contribution in [1.29, 1.82) is 0 Å². The van der Waals surface area contributed by atoms with Gasteiger partial charge in [-0.05, 0) is 23.8 Å². The second-order valence-electron chi connectivity index (χ2n) is 5.82. The van der Waals surface area contributed by atoms with Gasteiger partial charge in [-0.2, -0.15) is 0 Å². The number of amides is 1. The SMILES string of the molecule is O=C(O)C(C(=O)O)N1C(=O)C(=Cc2ccc(N3CCOCC3)cc2)SC1=S. The van der Waals surface area contributed by atoms with Crippen molar-refractivity contribution in [1.82, 2.24) is 4.90 Å². The molecule has 0 spiro atoms. The largest absolute Gasteiger partial charge is 0.479 e. The van der Waals surface area contributed by atoms with Gasteiger partial charge in [-0.15, -0.1) is 0 Å². The van der Waals surface area contributed by atoms with Crippen molar-refractivity contribution in [3.05, 3.63) is 34.7 Å². The number of carbonyl (C=O) groups is 3. The average Bonchev–Trinajstić information content (AvgIpc) is 2.90.